The molecule has 0 radical (unpaired) electrons. The molecule has 8 nitrogen and oxygen atoms in total. The van der Waals surface area contributed by atoms with Crippen molar-refractivity contribution in [2.45, 2.75) is 19.4 Å². The molecule has 0 unspecified atom stereocenters. The molecular weight excluding hydrogens is 296 g/mol. The first kappa shape index (κ1) is 16.2. The lowest BCUT2D eigenvalue weighted by atomic mass is 10.0. The third kappa shape index (κ3) is 4.90. The Hall–Kier alpha value is -1.67. The summed E-state index contributed by atoms with van der Waals surface area (Å²) in [5.41, 5.74) is 0. The minimum Gasteiger partial charge on any atom is -0.381 e. The molecule has 8 heteroatoms. The van der Waals surface area contributed by atoms with Gasteiger partial charge in [-0.1, -0.05) is 0 Å². The normalized spacial score (nSPS) is 23.0. The van der Waals surface area contributed by atoms with Gasteiger partial charge in [0.1, 0.15) is 12.7 Å². The van der Waals surface area contributed by atoms with E-state index in [4.69, 9.17) is 4.74 Å². The van der Waals surface area contributed by atoms with Crippen LogP contribution in [0.15, 0.2) is 12.7 Å². The number of nitrogens with zero attached hydrogens (tertiary/aromatic N) is 5. The predicted molar refractivity (Wildman–Crippen MR) is 85.0 cm³/mol. The highest BCUT2D eigenvalue weighted by Crippen LogP contribution is 2.12. The lowest BCUT2D eigenvalue weighted by molar-refractivity contribution is 0.0547. The van der Waals surface area contributed by atoms with Gasteiger partial charge in [0.2, 0.25) is 0 Å². The Bertz CT molecular complexity index is 466. The van der Waals surface area contributed by atoms with E-state index >= 15 is 0 Å². The summed E-state index contributed by atoms with van der Waals surface area (Å²) in [5.74, 6) is 0.469. The first-order valence-electron chi connectivity index (χ1n) is 8.46. The maximum atomic E-state index is 12.2. The number of urea groups is 1. The van der Waals surface area contributed by atoms with Gasteiger partial charge in [0, 0.05) is 45.9 Å². The number of hydrogen-bond donors (Lipinski definition) is 1. The molecule has 2 amide bonds. The van der Waals surface area contributed by atoms with Gasteiger partial charge in [0.05, 0.1) is 13.2 Å². The SMILES string of the molecule is O=C(NC[C@@H]1CCCOC1)N1CCN(CCn2cncn2)CC1. The Balaban J connectivity index is 1.32. The quantitative estimate of drug-likeness (QED) is 0.828. The monoisotopic (exact) mass is 322 g/mol. The Morgan fingerprint density at radius 3 is 2.83 bits per heavy atom. The zero-order valence-corrected chi connectivity index (χ0v) is 13.6. The summed E-state index contributed by atoms with van der Waals surface area (Å²) in [6, 6.07) is 0.0616. The van der Waals surface area contributed by atoms with Crippen LogP contribution in [-0.4, -0.2) is 83.1 Å². The third-order valence-electron chi connectivity index (χ3n) is 4.57. The number of carbonyl (C=O) groups is 1. The van der Waals surface area contributed by atoms with E-state index in [1.54, 1.807) is 12.7 Å². The lowest BCUT2D eigenvalue weighted by Gasteiger charge is -2.35. The zero-order chi connectivity index (χ0) is 15.9. The summed E-state index contributed by atoms with van der Waals surface area (Å²) in [4.78, 5) is 20.4. The van der Waals surface area contributed by atoms with Crippen molar-refractivity contribution in [3.05, 3.63) is 12.7 Å². The summed E-state index contributed by atoms with van der Waals surface area (Å²) in [7, 11) is 0. The van der Waals surface area contributed by atoms with E-state index in [2.05, 4.69) is 20.3 Å². The molecule has 1 aromatic rings. The average molecular weight is 322 g/mol. The fourth-order valence-corrected chi connectivity index (χ4v) is 3.08. The van der Waals surface area contributed by atoms with E-state index in [-0.39, 0.29) is 6.03 Å². The van der Waals surface area contributed by atoms with Gasteiger partial charge in [-0.05, 0) is 18.8 Å². The molecule has 3 heterocycles. The van der Waals surface area contributed by atoms with Crippen molar-refractivity contribution in [1.82, 2.24) is 29.9 Å². The number of hydrogen-bond acceptors (Lipinski definition) is 5. The molecule has 128 valence electrons. The van der Waals surface area contributed by atoms with E-state index in [9.17, 15) is 4.79 Å². The van der Waals surface area contributed by atoms with Crippen LogP contribution in [-0.2, 0) is 11.3 Å². The Kier molecular flexibility index (Phi) is 5.82. The van der Waals surface area contributed by atoms with Crippen molar-refractivity contribution in [2.75, 3.05) is 52.5 Å². The van der Waals surface area contributed by atoms with Crippen molar-refractivity contribution in [3.63, 3.8) is 0 Å². The number of nitrogens with one attached hydrogen (secondary N) is 1. The van der Waals surface area contributed by atoms with Gasteiger partial charge in [-0.3, -0.25) is 9.58 Å². The van der Waals surface area contributed by atoms with Crippen LogP contribution in [0.4, 0.5) is 4.79 Å². The highest BCUT2D eigenvalue weighted by molar-refractivity contribution is 5.74. The van der Waals surface area contributed by atoms with Crippen molar-refractivity contribution < 1.29 is 9.53 Å². The van der Waals surface area contributed by atoms with E-state index < -0.39 is 0 Å². The van der Waals surface area contributed by atoms with Gasteiger partial charge in [0.25, 0.3) is 0 Å². The summed E-state index contributed by atoms with van der Waals surface area (Å²) >= 11 is 0. The predicted octanol–water partition coefficient (Wildman–Crippen LogP) is 0.0319. The van der Waals surface area contributed by atoms with Crippen LogP contribution >= 0.6 is 0 Å². The Morgan fingerprint density at radius 2 is 2.13 bits per heavy atom. The molecule has 0 spiro atoms. The minimum atomic E-state index is 0.0616. The highest BCUT2D eigenvalue weighted by Gasteiger charge is 2.22. The smallest absolute Gasteiger partial charge is 0.317 e. The molecule has 1 N–H and O–H groups in total. The number of piperazine rings is 1. The van der Waals surface area contributed by atoms with Crippen molar-refractivity contribution >= 4 is 6.03 Å². The second kappa shape index (κ2) is 8.26. The fourth-order valence-electron chi connectivity index (χ4n) is 3.08. The summed E-state index contributed by atoms with van der Waals surface area (Å²) in [6.45, 7) is 7.53. The molecule has 2 fully saturated rings. The molecule has 1 aromatic heterocycles. The van der Waals surface area contributed by atoms with Crippen LogP contribution in [0.3, 0.4) is 0 Å². The molecular formula is C15H26N6O2. The van der Waals surface area contributed by atoms with Crippen LogP contribution in [0.25, 0.3) is 0 Å². The minimum absolute atomic E-state index is 0.0616. The van der Waals surface area contributed by atoms with Gasteiger partial charge in [0.15, 0.2) is 0 Å². The second-order valence-electron chi connectivity index (χ2n) is 6.26. The highest BCUT2D eigenvalue weighted by atomic mass is 16.5. The first-order valence-corrected chi connectivity index (χ1v) is 8.46. The number of carbonyl (C=O) groups excluding carboxylic acids is 1. The van der Waals surface area contributed by atoms with Gasteiger partial charge < -0.3 is 15.0 Å². The topological polar surface area (TPSA) is 75.5 Å². The molecule has 0 saturated carbocycles. The lowest BCUT2D eigenvalue weighted by Crippen LogP contribution is -2.52. The van der Waals surface area contributed by atoms with Gasteiger partial charge in [-0.15, -0.1) is 0 Å². The van der Waals surface area contributed by atoms with E-state index in [0.717, 1.165) is 71.9 Å². The molecule has 23 heavy (non-hydrogen) atoms. The fraction of sp³-hybridized carbons (Fsp3) is 0.800. The molecule has 2 aliphatic rings. The molecule has 1 atom stereocenters. The largest absolute Gasteiger partial charge is 0.381 e. The van der Waals surface area contributed by atoms with Crippen LogP contribution in [0.2, 0.25) is 0 Å². The molecule has 0 aliphatic carbocycles. The van der Waals surface area contributed by atoms with Gasteiger partial charge in [-0.25, -0.2) is 9.78 Å². The van der Waals surface area contributed by atoms with Crippen LogP contribution in [0, 0.1) is 5.92 Å². The van der Waals surface area contributed by atoms with Crippen LogP contribution in [0.5, 0.6) is 0 Å². The standard InChI is InChI=1S/C15H26N6O2/c22-15(17-10-14-2-1-9-23-11-14)20-6-3-19(4-7-20)5-8-21-13-16-12-18-21/h12-14H,1-11H2,(H,17,22)/t14-/m0/s1. The molecule has 2 saturated heterocycles. The number of rotatable bonds is 5. The number of amides is 2. The van der Waals surface area contributed by atoms with Crippen LogP contribution in [0.1, 0.15) is 12.8 Å². The summed E-state index contributed by atoms with van der Waals surface area (Å²) in [6.07, 6.45) is 5.54. The second-order valence-corrected chi connectivity index (χ2v) is 6.26. The first-order chi connectivity index (χ1) is 11.3. The summed E-state index contributed by atoms with van der Waals surface area (Å²) < 4.78 is 7.29. The van der Waals surface area contributed by atoms with Crippen molar-refractivity contribution in [2.24, 2.45) is 5.92 Å². The molecule has 3 rings (SSSR count). The van der Waals surface area contributed by atoms with Crippen LogP contribution < -0.4 is 5.32 Å². The average Bonchev–Trinajstić information content (AvgIpc) is 3.13. The van der Waals surface area contributed by atoms with Crippen molar-refractivity contribution in [3.8, 4) is 0 Å². The maximum absolute atomic E-state index is 12.2. The molecule has 0 aromatic carbocycles. The van der Waals surface area contributed by atoms with E-state index in [1.807, 2.05) is 9.58 Å². The molecule has 2 aliphatic heterocycles. The maximum Gasteiger partial charge on any atom is 0.317 e. The Morgan fingerprint density at radius 1 is 1.26 bits per heavy atom. The number of aromatic nitrogens is 3. The molecule has 0 bridgehead atoms. The van der Waals surface area contributed by atoms with E-state index in [1.165, 1.54) is 0 Å². The van der Waals surface area contributed by atoms with E-state index in [0.29, 0.717) is 5.92 Å². The third-order valence-corrected chi connectivity index (χ3v) is 4.57. The summed E-state index contributed by atoms with van der Waals surface area (Å²) in [5, 5.41) is 7.16. The Labute approximate surface area is 136 Å². The van der Waals surface area contributed by atoms with Gasteiger partial charge >= 0.3 is 6.03 Å². The van der Waals surface area contributed by atoms with Crippen molar-refractivity contribution in [1.29, 1.82) is 0 Å². The van der Waals surface area contributed by atoms with Gasteiger partial charge in [-0.2, -0.15) is 5.10 Å². The zero-order valence-electron chi connectivity index (χ0n) is 13.6. The number of ether oxygens (including phenoxy) is 1.